The number of imidazole rings is 2. The van der Waals surface area contributed by atoms with E-state index in [0.717, 1.165) is 33.2 Å². The number of aromatic nitrogens is 8. The molecule has 22 heteroatoms. The third kappa shape index (κ3) is 7.60. The lowest BCUT2D eigenvalue weighted by molar-refractivity contribution is 0.0690. The number of aryl methyl sites for hydroxylation is 2. The SMILES string of the molecule is CNc1nc2cc(C)ccc2n1-c1nc2c(c(C(C)(C)S(C)(=O)=O)n1)OC[C@@H]1COCCN21.CNc1nc2ccc(C)cc2n1-c1nc2c(c(C(C)(C)S(C)(=O)=O)n1)OC[C@@H]1COCCN21. The first kappa shape index (κ1) is 45.3. The van der Waals surface area contributed by atoms with Crippen LogP contribution in [0.4, 0.5) is 23.5 Å². The fourth-order valence-electron chi connectivity index (χ4n) is 8.50. The van der Waals surface area contributed by atoms with Gasteiger partial charge in [-0.1, -0.05) is 12.1 Å². The second kappa shape index (κ2) is 16.5. The number of sulfone groups is 2. The normalized spacial score (nSPS) is 18.6. The quantitative estimate of drug-likeness (QED) is 0.219. The molecular formula is C44H56N12O8S2. The third-order valence-electron chi connectivity index (χ3n) is 13.0. The molecule has 2 aromatic carbocycles. The number of fused-ring (bicyclic) bond motifs is 8. The van der Waals surface area contributed by atoms with E-state index in [9.17, 15) is 16.8 Å². The zero-order valence-corrected chi connectivity index (χ0v) is 40.5. The number of benzene rings is 2. The summed E-state index contributed by atoms with van der Waals surface area (Å²) in [4.78, 5) is 33.0. The molecule has 4 aromatic heterocycles. The smallest absolute Gasteiger partial charge is 0.239 e. The van der Waals surface area contributed by atoms with Crippen LogP contribution in [0.1, 0.15) is 50.2 Å². The second-order valence-electron chi connectivity index (χ2n) is 18.1. The molecule has 8 heterocycles. The van der Waals surface area contributed by atoms with Crippen LogP contribution in [0.3, 0.4) is 0 Å². The monoisotopic (exact) mass is 944 g/mol. The maximum absolute atomic E-state index is 12.8. The van der Waals surface area contributed by atoms with Crippen LogP contribution in [0.5, 0.6) is 11.5 Å². The van der Waals surface area contributed by atoms with Crippen LogP contribution in [-0.4, -0.2) is 147 Å². The molecule has 2 fully saturated rings. The van der Waals surface area contributed by atoms with Gasteiger partial charge in [0.1, 0.15) is 34.1 Å². The van der Waals surface area contributed by atoms with Crippen LogP contribution >= 0.6 is 0 Å². The summed E-state index contributed by atoms with van der Waals surface area (Å²) in [6, 6.07) is 11.9. The van der Waals surface area contributed by atoms with Gasteiger partial charge in [-0.25, -0.2) is 45.9 Å². The number of ether oxygens (including phenoxy) is 4. The lowest BCUT2D eigenvalue weighted by Gasteiger charge is -2.41. The number of hydrogen-bond donors (Lipinski definition) is 2. The molecule has 6 aromatic rings. The van der Waals surface area contributed by atoms with Gasteiger partial charge in [0.15, 0.2) is 42.8 Å². The van der Waals surface area contributed by atoms with E-state index in [1.807, 2.05) is 59.4 Å². The van der Waals surface area contributed by atoms with Crippen molar-refractivity contribution < 1.29 is 35.8 Å². The van der Waals surface area contributed by atoms with Crippen LogP contribution < -0.4 is 29.9 Å². The Morgan fingerprint density at radius 1 is 0.591 bits per heavy atom. The summed E-state index contributed by atoms with van der Waals surface area (Å²) in [5, 5.41) is 6.23. The van der Waals surface area contributed by atoms with Crippen molar-refractivity contribution >= 4 is 65.3 Å². The van der Waals surface area contributed by atoms with Crippen molar-refractivity contribution in [1.29, 1.82) is 0 Å². The number of rotatable bonds is 8. The van der Waals surface area contributed by atoms with Gasteiger partial charge in [0.2, 0.25) is 23.8 Å². The van der Waals surface area contributed by atoms with E-state index in [0.29, 0.717) is 111 Å². The predicted molar refractivity (Wildman–Crippen MR) is 253 cm³/mol. The predicted octanol–water partition coefficient (Wildman–Crippen LogP) is 4.09. The van der Waals surface area contributed by atoms with Crippen LogP contribution in [-0.2, 0) is 38.6 Å². The summed E-state index contributed by atoms with van der Waals surface area (Å²) < 4.78 is 75.8. The van der Waals surface area contributed by atoms with Gasteiger partial charge in [-0.3, -0.25) is 0 Å². The number of nitrogens with zero attached hydrogens (tertiary/aromatic N) is 10. The molecule has 4 aliphatic heterocycles. The molecule has 0 unspecified atom stereocenters. The summed E-state index contributed by atoms with van der Waals surface area (Å²) in [7, 11) is -3.48. The van der Waals surface area contributed by atoms with E-state index in [-0.39, 0.29) is 12.1 Å². The molecule has 0 bridgehead atoms. The third-order valence-corrected chi connectivity index (χ3v) is 17.1. The molecule has 0 aliphatic carbocycles. The maximum atomic E-state index is 12.8. The van der Waals surface area contributed by atoms with Crippen molar-refractivity contribution in [2.45, 2.75) is 63.1 Å². The first-order valence-electron chi connectivity index (χ1n) is 21.8. The van der Waals surface area contributed by atoms with E-state index < -0.39 is 29.2 Å². The highest BCUT2D eigenvalue weighted by molar-refractivity contribution is 7.91. The lowest BCUT2D eigenvalue weighted by Crippen LogP contribution is -2.52. The summed E-state index contributed by atoms with van der Waals surface area (Å²) in [5.74, 6) is 3.81. The van der Waals surface area contributed by atoms with Crippen LogP contribution in [0.2, 0.25) is 0 Å². The lowest BCUT2D eigenvalue weighted by atomic mass is 10.1. The number of nitrogens with one attached hydrogen (secondary N) is 2. The van der Waals surface area contributed by atoms with Crippen molar-refractivity contribution in [3.05, 3.63) is 58.9 Å². The molecule has 0 saturated carbocycles. The largest absolute Gasteiger partial charge is 0.486 e. The fourth-order valence-corrected chi connectivity index (χ4v) is 9.47. The summed E-state index contributed by atoms with van der Waals surface area (Å²) in [5.41, 5.74) is 6.07. The molecule has 2 atom stereocenters. The van der Waals surface area contributed by atoms with Gasteiger partial charge in [0, 0.05) is 39.7 Å². The molecule has 0 amide bonds. The average molecular weight is 945 g/mol. The molecule has 4 aliphatic rings. The number of hydrogen-bond acceptors (Lipinski definition) is 18. The highest BCUT2D eigenvalue weighted by Gasteiger charge is 2.45. The summed E-state index contributed by atoms with van der Waals surface area (Å²) in [6.45, 7) is 14.9. The summed E-state index contributed by atoms with van der Waals surface area (Å²) in [6.07, 6.45) is 2.44. The molecule has 66 heavy (non-hydrogen) atoms. The molecule has 0 radical (unpaired) electrons. The first-order valence-corrected chi connectivity index (χ1v) is 25.5. The Hall–Kier alpha value is -5.84. The Bertz CT molecular complexity index is 3110. The molecule has 10 rings (SSSR count). The van der Waals surface area contributed by atoms with E-state index in [4.69, 9.17) is 43.9 Å². The minimum absolute atomic E-state index is 0.00809. The zero-order valence-electron chi connectivity index (χ0n) is 38.8. The highest BCUT2D eigenvalue weighted by Crippen LogP contribution is 2.45. The fraction of sp³-hybridized carbons (Fsp3) is 0.500. The van der Waals surface area contributed by atoms with Crippen molar-refractivity contribution in [3.8, 4) is 23.4 Å². The van der Waals surface area contributed by atoms with Gasteiger partial charge in [-0.15, -0.1) is 0 Å². The molecular weight excluding hydrogens is 889 g/mol. The van der Waals surface area contributed by atoms with Gasteiger partial charge in [-0.2, -0.15) is 9.97 Å². The number of morpholine rings is 2. The van der Waals surface area contributed by atoms with E-state index in [1.54, 1.807) is 41.8 Å². The van der Waals surface area contributed by atoms with Crippen LogP contribution in [0.15, 0.2) is 36.4 Å². The van der Waals surface area contributed by atoms with Crippen molar-refractivity contribution in [3.63, 3.8) is 0 Å². The van der Waals surface area contributed by atoms with Gasteiger partial charge >= 0.3 is 0 Å². The van der Waals surface area contributed by atoms with Crippen LogP contribution in [0.25, 0.3) is 34.0 Å². The zero-order chi connectivity index (χ0) is 47.1. The number of anilines is 4. The minimum Gasteiger partial charge on any atom is -0.486 e. The van der Waals surface area contributed by atoms with Crippen LogP contribution in [0, 0.1) is 13.8 Å². The second-order valence-corrected chi connectivity index (χ2v) is 23.2. The maximum Gasteiger partial charge on any atom is 0.239 e. The highest BCUT2D eigenvalue weighted by atomic mass is 32.2. The Morgan fingerprint density at radius 3 is 1.53 bits per heavy atom. The van der Waals surface area contributed by atoms with Crippen molar-refractivity contribution in [2.24, 2.45) is 0 Å². The van der Waals surface area contributed by atoms with Gasteiger partial charge in [0.25, 0.3) is 0 Å². The van der Waals surface area contributed by atoms with Gasteiger partial charge < -0.3 is 39.4 Å². The van der Waals surface area contributed by atoms with Gasteiger partial charge in [-0.05, 0) is 76.9 Å². The Balaban J connectivity index is 0.000000166. The Morgan fingerprint density at radius 2 is 1.05 bits per heavy atom. The Labute approximate surface area is 383 Å². The average Bonchev–Trinajstić information content (AvgIpc) is 3.85. The molecule has 352 valence electrons. The van der Waals surface area contributed by atoms with E-state index >= 15 is 0 Å². The van der Waals surface area contributed by atoms with Gasteiger partial charge in [0.05, 0.1) is 60.6 Å². The van der Waals surface area contributed by atoms with Crippen molar-refractivity contribution in [2.75, 3.05) is 99.8 Å². The minimum atomic E-state index is -3.52. The molecule has 2 N–H and O–H groups in total. The first-order chi connectivity index (χ1) is 31.2. The van der Waals surface area contributed by atoms with E-state index in [1.165, 1.54) is 12.5 Å². The Kier molecular flexibility index (Phi) is 11.3. The molecule has 2 saturated heterocycles. The van der Waals surface area contributed by atoms with E-state index in [2.05, 4.69) is 25.4 Å². The molecule has 0 spiro atoms. The standard InChI is InChI=1S/2C22H28N6O4S/c1-13-6-7-16-15(10-13)24-20(23-4)28(16)21-25-18(22(2,3)33(5,29)30)17-19(26-21)27-8-9-31-11-14(27)12-32-17;1-13-6-7-15-16(10-13)28(20(23-4)24-15)21-25-18(22(2,3)33(5,29)30)17-19(26-21)27-8-9-31-11-14(27)12-32-17/h2*6-7,10,14H,8-9,11-12H2,1-5H3,(H,23,24)/t2*14-/m00/s1. The summed E-state index contributed by atoms with van der Waals surface area (Å²) >= 11 is 0. The van der Waals surface area contributed by atoms with Crippen molar-refractivity contribution in [1.82, 2.24) is 39.0 Å². The molecule has 20 nitrogen and oxygen atoms in total. The topological polar surface area (TPSA) is 223 Å².